The second-order valence-corrected chi connectivity index (χ2v) is 11.8. The van der Waals surface area contributed by atoms with E-state index >= 15 is 0 Å². The summed E-state index contributed by atoms with van der Waals surface area (Å²) in [4.78, 5) is 0. The molecule has 10 aliphatic rings. The molecule has 0 spiro atoms. The molecule has 0 aliphatic heterocycles. The van der Waals surface area contributed by atoms with Gasteiger partial charge in [0.05, 0.1) is 0 Å². The first-order chi connectivity index (χ1) is 10.6. The van der Waals surface area contributed by atoms with Gasteiger partial charge in [-0.2, -0.15) is 0 Å². The summed E-state index contributed by atoms with van der Waals surface area (Å²) in [6.07, 6.45) is 4.95. The van der Waals surface area contributed by atoms with Crippen LogP contribution >= 0.6 is 0 Å². The number of hydrogen-bond donors (Lipinski definition) is 0. The van der Waals surface area contributed by atoms with E-state index in [9.17, 15) is 0 Å². The van der Waals surface area contributed by atoms with Gasteiger partial charge in [0, 0.05) is 0 Å². The fourth-order valence-corrected chi connectivity index (χ4v) is 11.5. The average molecular weight is 294 g/mol. The van der Waals surface area contributed by atoms with Crippen LogP contribution in [0.4, 0.5) is 0 Å². The first-order valence-corrected chi connectivity index (χ1v) is 10.6. The fourth-order valence-electron chi connectivity index (χ4n) is 11.5. The molecule has 0 nitrogen and oxygen atoms in total. The SMILES string of the molecule is CC(C)C1CC2C1C1CC1C2C1C2C3C4C5CC5C(C)(C42)C13. The molecule has 10 saturated carbocycles. The lowest BCUT2D eigenvalue weighted by molar-refractivity contribution is -0.162. The third-order valence-electron chi connectivity index (χ3n) is 11.8. The quantitative estimate of drug-likeness (QED) is 0.700. The Bertz CT molecular complexity index is 620. The van der Waals surface area contributed by atoms with Crippen molar-refractivity contribution in [3.8, 4) is 0 Å². The Morgan fingerprint density at radius 2 is 1.36 bits per heavy atom. The molecule has 6 bridgehead atoms. The van der Waals surface area contributed by atoms with Crippen LogP contribution in [0.5, 0.6) is 0 Å². The molecule has 0 heterocycles. The molecular weight excluding hydrogens is 264 g/mol. The van der Waals surface area contributed by atoms with Crippen molar-refractivity contribution in [3.05, 3.63) is 0 Å². The summed E-state index contributed by atoms with van der Waals surface area (Å²) in [5.74, 6) is 18.1. The normalized spacial score (nSPS) is 82.4. The van der Waals surface area contributed by atoms with E-state index in [1.54, 1.807) is 19.3 Å². The molecule has 15 unspecified atom stereocenters. The average Bonchev–Trinajstić information content (AvgIpc) is 3.24. The monoisotopic (exact) mass is 294 g/mol. The molecular formula is C22H30. The molecule has 22 heavy (non-hydrogen) atoms. The predicted octanol–water partition coefficient (Wildman–Crippen LogP) is 4.55. The Morgan fingerprint density at radius 3 is 2.14 bits per heavy atom. The Morgan fingerprint density at radius 1 is 0.682 bits per heavy atom. The van der Waals surface area contributed by atoms with Gasteiger partial charge in [0.1, 0.15) is 0 Å². The third kappa shape index (κ3) is 0.817. The zero-order valence-corrected chi connectivity index (χ0v) is 14.3. The lowest BCUT2D eigenvalue weighted by Gasteiger charge is -2.63. The standard InChI is InChI=1S/C22H30/c1-7(2)8-4-12-14(8)9-5-10(9)15(12)17-19-18-16-11-6-13(11)22(3,20(16)19)21(17)18/h7-21H,4-6H2,1-3H3. The van der Waals surface area contributed by atoms with Crippen molar-refractivity contribution in [3.63, 3.8) is 0 Å². The summed E-state index contributed by atoms with van der Waals surface area (Å²) in [5.41, 5.74) is 0.874. The van der Waals surface area contributed by atoms with E-state index in [2.05, 4.69) is 20.8 Å². The Kier molecular flexibility index (Phi) is 1.51. The van der Waals surface area contributed by atoms with Crippen molar-refractivity contribution < 1.29 is 0 Å². The van der Waals surface area contributed by atoms with Gasteiger partial charge in [-0.05, 0) is 113 Å². The molecule has 0 amide bonds. The van der Waals surface area contributed by atoms with Gasteiger partial charge in [0.15, 0.2) is 0 Å². The van der Waals surface area contributed by atoms with Crippen LogP contribution in [-0.2, 0) is 0 Å². The highest BCUT2D eigenvalue weighted by Crippen LogP contribution is 2.96. The second kappa shape index (κ2) is 2.88. The van der Waals surface area contributed by atoms with Crippen molar-refractivity contribution >= 4 is 0 Å². The smallest absolute Gasteiger partial charge is 0.0227 e. The third-order valence-corrected chi connectivity index (χ3v) is 11.8. The topological polar surface area (TPSA) is 0 Å². The van der Waals surface area contributed by atoms with Crippen molar-refractivity contribution in [1.29, 1.82) is 0 Å². The highest BCUT2D eigenvalue weighted by atomic mass is 15.0. The highest BCUT2D eigenvalue weighted by Gasteiger charge is 2.92. The van der Waals surface area contributed by atoms with Crippen molar-refractivity contribution in [2.24, 2.45) is 94.2 Å². The van der Waals surface area contributed by atoms with Gasteiger partial charge in [-0.25, -0.2) is 0 Å². The van der Waals surface area contributed by atoms with Gasteiger partial charge in [-0.3, -0.25) is 0 Å². The van der Waals surface area contributed by atoms with E-state index in [1.165, 1.54) is 76.9 Å². The van der Waals surface area contributed by atoms with Crippen LogP contribution in [0.15, 0.2) is 0 Å². The van der Waals surface area contributed by atoms with Crippen molar-refractivity contribution in [2.45, 2.75) is 40.0 Å². The zero-order chi connectivity index (χ0) is 14.3. The Balaban J connectivity index is 1.16. The maximum Gasteiger partial charge on any atom is -0.0227 e. The van der Waals surface area contributed by atoms with Gasteiger partial charge < -0.3 is 0 Å². The minimum atomic E-state index is 0.874. The minimum absolute atomic E-state index is 0.874. The molecule has 0 aromatic carbocycles. The van der Waals surface area contributed by atoms with E-state index in [4.69, 9.17) is 0 Å². The van der Waals surface area contributed by atoms with Crippen LogP contribution in [0.1, 0.15) is 40.0 Å². The molecule has 10 fully saturated rings. The highest BCUT2D eigenvalue weighted by molar-refractivity contribution is 5.39. The largest absolute Gasteiger partial charge is 0.0625 e. The summed E-state index contributed by atoms with van der Waals surface area (Å²) < 4.78 is 0. The first-order valence-electron chi connectivity index (χ1n) is 10.6. The predicted molar refractivity (Wildman–Crippen MR) is 85.7 cm³/mol. The lowest BCUT2D eigenvalue weighted by Crippen LogP contribution is -2.59. The Hall–Kier alpha value is 0. The Labute approximate surface area is 134 Å². The van der Waals surface area contributed by atoms with E-state index in [1.807, 2.05) is 0 Å². The maximum absolute atomic E-state index is 2.78. The van der Waals surface area contributed by atoms with Crippen LogP contribution in [-0.4, -0.2) is 0 Å². The summed E-state index contributed by atoms with van der Waals surface area (Å²) >= 11 is 0. The molecule has 15 atom stereocenters. The van der Waals surface area contributed by atoms with Gasteiger partial charge in [-0.15, -0.1) is 0 Å². The summed E-state index contributed by atoms with van der Waals surface area (Å²) in [7, 11) is 0. The van der Waals surface area contributed by atoms with Crippen LogP contribution in [0.2, 0.25) is 0 Å². The summed E-state index contributed by atoms with van der Waals surface area (Å²) in [6.45, 7) is 7.78. The molecule has 0 N–H and O–H groups in total. The fraction of sp³-hybridized carbons (Fsp3) is 1.00. The molecule has 0 saturated heterocycles. The van der Waals surface area contributed by atoms with Crippen LogP contribution < -0.4 is 0 Å². The van der Waals surface area contributed by atoms with Gasteiger partial charge >= 0.3 is 0 Å². The van der Waals surface area contributed by atoms with Gasteiger partial charge in [0.2, 0.25) is 0 Å². The molecule has 118 valence electrons. The van der Waals surface area contributed by atoms with Crippen LogP contribution in [0.3, 0.4) is 0 Å². The molecule has 0 aromatic rings. The summed E-state index contributed by atoms with van der Waals surface area (Å²) in [6, 6.07) is 0. The number of hydrogen-bond acceptors (Lipinski definition) is 0. The van der Waals surface area contributed by atoms with Crippen molar-refractivity contribution in [1.82, 2.24) is 0 Å². The van der Waals surface area contributed by atoms with Gasteiger partial charge in [-0.1, -0.05) is 20.8 Å². The lowest BCUT2D eigenvalue weighted by atomic mass is 9.41. The zero-order valence-electron chi connectivity index (χ0n) is 14.3. The van der Waals surface area contributed by atoms with E-state index < -0.39 is 0 Å². The maximum atomic E-state index is 2.78. The van der Waals surface area contributed by atoms with Crippen molar-refractivity contribution in [2.75, 3.05) is 0 Å². The molecule has 0 radical (unpaired) electrons. The van der Waals surface area contributed by atoms with E-state index in [0.29, 0.717) is 0 Å². The van der Waals surface area contributed by atoms with Crippen LogP contribution in [0, 0.1) is 94.2 Å². The second-order valence-electron chi connectivity index (χ2n) is 11.8. The minimum Gasteiger partial charge on any atom is -0.0625 e. The number of fused-ring (bicyclic) bond motifs is 4. The first kappa shape index (κ1) is 11.5. The van der Waals surface area contributed by atoms with E-state index in [-0.39, 0.29) is 0 Å². The van der Waals surface area contributed by atoms with Gasteiger partial charge in [0.25, 0.3) is 0 Å². The molecule has 10 rings (SSSR count). The molecule has 0 heteroatoms. The van der Waals surface area contributed by atoms with Crippen LogP contribution in [0.25, 0.3) is 0 Å². The molecule has 10 aliphatic carbocycles. The summed E-state index contributed by atoms with van der Waals surface area (Å²) in [5, 5.41) is 0. The van der Waals surface area contributed by atoms with E-state index in [0.717, 1.165) is 17.3 Å². The molecule has 0 aromatic heterocycles. The number of rotatable bonds is 2.